The van der Waals surface area contributed by atoms with E-state index in [4.69, 9.17) is 14.2 Å². The van der Waals surface area contributed by atoms with Gasteiger partial charge in [0.15, 0.2) is 0 Å². The molecule has 0 aromatic carbocycles. The summed E-state index contributed by atoms with van der Waals surface area (Å²) in [4.78, 5) is 35.3. The molecule has 0 radical (unpaired) electrons. The second kappa shape index (κ2) is 8.56. The summed E-state index contributed by atoms with van der Waals surface area (Å²) in [7, 11) is 0. The zero-order chi connectivity index (χ0) is 22.1. The molecule has 6 nitrogen and oxygen atoms in total. The van der Waals surface area contributed by atoms with Crippen LogP contribution < -0.4 is 0 Å². The lowest BCUT2D eigenvalue weighted by atomic mass is 9.46. The third-order valence-corrected chi connectivity index (χ3v) is 7.68. The molecule has 0 aromatic heterocycles. The molecule has 5 atom stereocenters. The second-order valence-corrected chi connectivity index (χ2v) is 9.58. The van der Waals surface area contributed by atoms with E-state index < -0.39 is 5.41 Å². The molecule has 6 heteroatoms. The van der Waals surface area contributed by atoms with Crippen LogP contribution in [0.3, 0.4) is 0 Å². The van der Waals surface area contributed by atoms with Crippen molar-refractivity contribution in [3.63, 3.8) is 0 Å². The molecule has 3 aliphatic rings. The topological polar surface area (TPSA) is 78.9 Å². The largest absolute Gasteiger partial charge is 0.465 e. The van der Waals surface area contributed by atoms with Crippen LogP contribution in [0, 0.1) is 22.7 Å². The van der Waals surface area contributed by atoms with Gasteiger partial charge < -0.3 is 14.2 Å². The number of esters is 3. The highest BCUT2D eigenvalue weighted by Gasteiger charge is 2.59. The molecular weight excluding hydrogens is 384 g/mol. The van der Waals surface area contributed by atoms with Gasteiger partial charge in [-0.3, -0.25) is 9.59 Å². The molecule has 0 aromatic rings. The lowest BCUT2D eigenvalue weighted by Crippen LogP contribution is -2.58. The van der Waals surface area contributed by atoms with Crippen LogP contribution >= 0.6 is 0 Å². The molecule has 0 spiro atoms. The molecule has 166 valence electrons. The van der Waals surface area contributed by atoms with Gasteiger partial charge in [-0.25, -0.2) is 4.79 Å². The molecule has 0 N–H and O–H groups in total. The van der Waals surface area contributed by atoms with Gasteiger partial charge in [0, 0.05) is 31.3 Å². The molecule has 0 amide bonds. The summed E-state index contributed by atoms with van der Waals surface area (Å²) in [6.07, 6.45) is 6.55. The van der Waals surface area contributed by atoms with Crippen molar-refractivity contribution in [3.8, 4) is 0 Å². The highest BCUT2D eigenvalue weighted by Crippen LogP contribution is 2.62. The van der Waals surface area contributed by atoms with Crippen LogP contribution in [-0.4, -0.2) is 37.2 Å². The van der Waals surface area contributed by atoms with E-state index in [9.17, 15) is 14.4 Å². The normalized spacial score (nSPS) is 37.5. The fourth-order valence-electron chi connectivity index (χ4n) is 6.14. The van der Waals surface area contributed by atoms with Crippen LogP contribution in [0.1, 0.15) is 66.2 Å². The maximum Gasteiger partial charge on any atom is 0.333 e. The number of carbonyl (C=O) groups is 3. The van der Waals surface area contributed by atoms with Crippen molar-refractivity contribution >= 4 is 17.9 Å². The van der Waals surface area contributed by atoms with E-state index in [1.807, 2.05) is 6.08 Å². The number of rotatable bonds is 5. The smallest absolute Gasteiger partial charge is 0.333 e. The number of fused-ring (bicyclic) bond motifs is 1. The van der Waals surface area contributed by atoms with Crippen LogP contribution in [0.5, 0.6) is 0 Å². The number of cyclic esters (lactones) is 1. The molecule has 1 heterocycles. The molecule has 0 bridgehead atoms. The maximum absolute atomic E-state index is 11.9. The summed E-state index contributed by atoms with van der Waals surface area (Å²) in [5.41, 5.74) is 1.41. The molecule has 0 unspecified atom stereocenters. The van der Waals surface area contributed by atoms with Gasteiger partial charge in [-0.2, -0.15) is 0 Å². The molecule has 1 aliphatic heterocycles. The first kappa shape index (κ1) is 22.6. The van der Waals surface area contributed by atoms with Crippen LogP contribution in [0.4, 0.5) is 0 Å². The van der Waals surface area contributed by atoms with Gasteiger partial charge in [-0.1, -0.05) is 32.1 Å². The standard InChI is InChI=1S/C24H34O6/c1-15-6-9-20-23(4,19(15)8-7-18-11-13-28-22(18)27)12-10-21(30-17(3)26)24(20,5)14-29-16(2)25/h7,19-21H,1,6,8-14H2,2-5H3/b18-7+/t19-,20+,21-,23+,24+/m1/s1. The Morgan fingerprint density at radius 3 is 2.53 bits per heavy atom. The fraction of sp³-hybridized carbons (Fsp3) is 0.708. The Kier molecular flexibility index (Phi) is 6.44. The van der Waals surface area contributed by atoms with E-state index in [0.29, 0.717) is 19.4 Å². The second-order valence-electron chi connectivity index (χ2n) is 9.58. The Balaban J connectivity index is 1.91. The summed E-state index contributed by atoms with van der Waals surface area (Å²) >= 11 is 0. The van der Waals surface area contributed by atoms with Crippen molar-refractivity contribution in [2.24, 2.45) is 22.7 Å². The van der Waals surface area contributed by atoms with E-state index in [2.05, 4.69) is 20.4 Å². The van der Waals surface area contributed by atoms with E-state index in [-0.39, 0.29) is 47.9 Å². The van der Waals surface area contributed by atoms with Gasteiger partial charge in [-0.15, -0.1) is 0 Å². The number of allylic oxidation sites excluding steroid dienone is 2. The zero-order valence-electron chi connectivity index (χ0n) is 18.6. The minimum absolute atomic E-state index is 0.0829. The lowest BCUT2D eigenvalue weighted by molar-refractivity contribution is -0.191. The third kappa shape index (κ3) is 4.19. The van der Waals surface area contributed by atoms with Gasteiger partial charge in [0.2, 0.25) is 0 Å². The summed E-state index contributed by atoms with van der Waals surface area (Å²) in [6, 6.07) is 0. The molecule has 3 fully saturated rings. The van der Waals surface area contributed by atoms with Crippen molar-refractivity contribution in [1.29, 1.82) is 0 Å². The Labute approximate surface area is 179 Å². The maximum atomic E-state index is 11.9. The van der Waals surface area contributed by atoms with Crippen LogP contribution in [-0.2, 0) is 28.6 Å². The molecule has 2 saturated carbocycles. The van der Waals surface area contributed by atoms with Crippen LogP contribution in [0.15, 0.2) is 23.8 Å². The minimum Gasteiger partial charge on any atom is -0.465 e. The van der Waals surface area contributed by atoms with Gasteiger partial charge in [-0.05, 0) is 49.4 Å². The Bertz CT molecular complexity index is 768. The summed E-state index contributed by atoms with van der Waals surface area (Å²) < 4.78 is 16.3. The summed E-state index contributed by atoms with van der Waals surface area (Å²) in [5, 5.41) is 0. The van der Waals surface area contributed by atoms with Crippen LogP contribution in [0.2, 0.25) is 0 Å². The number of ether oxygens (including phenoxy) is 3. The fourth-order valence-corrected chi connectivity index (χ4v) is 6.14. The van der Waals surface area contributed by atoms with E-state index in [1.54, 1.807) is 0 Å². The predicted molar refractivity (Wildman–Crippen MR) is 111 cm³/mol. The van der Waals surface area contributed by atoms with Gasteiger partial charge in [0.1, 0.15) is 12.7 Å². The number of carbonyl (C=O) groups excluding carboxylic acids is 3. The lowest BCUT2D eigenvalue weighted by Gasteiger charge is -2.60. The zero-order valence-corrected chi connectivity index (χ0v) is 18.6. The third-order valence-electron chi connectivity index (χ3n) is 7.68. The molecule has 1 saturated heterocycles. The Hall–Kier alpha value is -2.11. The first-order valence-electron chi connectivity index (χ1n) is 10.9. The summed E-state index contributed by atoms with van der Waals surface area (Å²) in [6.45, 7) is 12.3. The SMILES string of the molecule is C=C1CC[C@@H]2[C@](C)(COC(C)=O)[C@H](OC(C)=O)CC[C@@]2(C)[C@@H]1C/C=C1\CCOC1=O. The highest BCUT2D eigenvalue weighted by molar-refractivity contribution is 5.90. The monoisotopic (exact) mass is 418 g/mol. The molecule has 30 heavy (non-hydrogen) atoms. The van der Waals surface area contributed by atoms with Gasteiger partial charge in [0.25, 0.3) is 0 Å². The molecular formula is C24H34O6. The van der Waals surface area contributed by atoms with E-state index in [0.717, 1.165) is 31.3 Å². The minimum atomic E-state index is -0.470. The predicted octanol–water partition coefficient (Wildman–Crippen LogP) is 4.13. The van der Waals surface area contributed by atoms with Gasteiger partial charge >= 0.3 is 17.9 Å². The Morgan fingerprint density at radius 1 is 1.20 bits per heavy atom. The van der Waals surface area contributed by atoms with E-state index >= 15 is 0 Å². The molecule has 2 aliphatic carbocycles. The van der Waals surface area contributed by atoms with E-state index in [1.165, 1.54) is 19.4 Å². The van der Waals surface area contributed by atoms with Crippen molar-refractivity contribution < 1.29 is 28.6 Å². The highest BCUT2D eigenvalue weighted by atomic mass is 16.6. The summed E-state index contributed by atoms with van der Waals surface area (Å²) in [5.74, 6) is -0.430. The molecule has 3 rings (SSSR count). The first-order valence-corrected chi connectivity index (χ1v) is 10.9. The van der Waals surface area contributed by atoms with Crippen molar-refractivity contribution in [2.75, 3.05) is 13.2 Å². The van der Waals surface area contributed by atoms with Crippen LogP contribution in [0.25, 0.3) is 0 Å². The van der Waals surface area contributed by atoms with Crippen molar-refractivity contribution in [3.05, 3.63) is 23.8 Å². The number of hydrogen-bond acceptors (Lipinski definition) is 6. The quantitative estimate of drug-likeness (QED) is 0.289. The Morgan fingerprint density at radius 2 is 1.93 bits per heavy atom. The first-order chi connectivity index (χ1) is 14.1. The average molecular weight is 419 g/mol. The van der Waals surface area contributed by atoms with Crippen molar-refractivity contribution in [1.82, 2.24) is 0 Å². The van der Waals surface area contributed by atoms with Crippen molar-refractivity contribution in [2.45, 2.75) is 72.3 Å². The van der Waals surface area contributed by atoms with Gasteiger partial charge in [0.05, 0.1) is 6.61 Å². The number of hydrogen-bond donors (Lipinski definition) is 0. The average Bonchev–Trinajstić information content (AvgIpc) is 3.07.